The van der Waals surface area contributed by atoms with E-state index in [1.165, 1.54) is 51.4 Å². The molecule has 0 aromatic rings. The van der Waals surface area contributed by atoms with Crippen molar-refractivity contribution in [3.63, 3.8) is 0 Å². The number of halogens is 2. The van der Waals surface area contributed by atoms with Gasteiger partial charge in [-0.1, -0.05) is 48.6 Å². The van der Waals surface area contributed by atoms with Crippen LogP contribution >= 0.6 is 0 Å². The van der Waals surface area contributed by atoms with Crippen LogP contribution in [0.25, 0.3) is 0 Å². The SMILES string of the molecule is C1=CCCC=CCC1.C1=CCCC=CCC1.[Cl-].[Cl-].[Rh].[Rh]. The van der Waals surface area contributed by atoms with Gasteiger partial charge >= 0.3 is 0 Å². The van der Waals surface area contributed by atoms with E-state index < -0.39 is 0 Å². The Hall–Kier alpha value is 0.787. The van der Waals surface area contributed by atoms with Crippen LogP contribution in [0.3, 0.4) is 0 Å². The molecule has 2 radical (unpaired) electrons. The minimum absolute atomic E-state index is 0. The van der Waals surface area contributed by atoms with Crippen LogP contribution in [0.4, 0.5) is 0 Å². The van der Waals surface area contributed by atoms with Gasteiger partial charge in [-0.05, 0) is 51.4 Å². The van der Waals surface area contributed by atoms with Gasteiger partial charge in [-0.15, -0.1) is 0 Å². The van der Waals surface area contributed by atoms with E-state index in [0.29, 0.717) is 0 Å². The van der Waals surface area contributed by atoms with Crippen molar-refractivity contribution in [3.05, 3.63) is 48.6 Å². The van der Waals surface area contributed by atoms with Gasteiger partial charge in [0.05, 0.1) is 0 Å². The van der Waals surface area contributed by atoms with Crippen molar-refractivity contribution < 1.29 is 63.8 Å². The Bertz CT molecular complexity index is 192. The summed E-state index contributed by atoms with van der Waals surface area (Å²) in [6.07, 6.45) is 28.0. The summed E-state index contributed by atoms with van der Waals surface area (Å²) < 4.78 is 0. The molecule has 0 aliphatic heterocycles. The smallest absolute Gasteiger partial charge is 0 e. The summed E-state index contributed by atoms with van der Waals surface area (Å²) in [5.41, 5.74) is 0. The molecule has 0 N–H and O–H groups in total. The van der Waals surface area contributed by atoms with E-state index in [9.17, 15) is 0 Å². The molecule has 20 heavy (non-hydrogen) atoms. The molecule has 0 spiro atoms. The molecule has 0 fully saturated rings. The Labute approximate surface area is 163 Å². The van der Waals surface area contributed by atoms with E-state index in [0.717, 1.165) is 0 Å². The van der Waals surface area contributed by atoms with Crippen LogP contribution in [0.5, 0.6) is 0 Å². The fourth-order valence-corrected chi connectivity index (χ4v) is 1.71. The van der Waals surface area contributed by atoms with Gasteiger partial charge in [0.25, 0.3) is 0 Å². The van der Waals surface area contributed by atoms with Crippen LogP contribution in [0.15, 0.2) is 48.6 Å². The predicted molar refractivity (Wildman–Crippen MR) is 73.5 cm³/mol. The molecule has 2 rings (SSSR count). The topological polar surface area (TPSA) is 0 Å². The maximum atomic E-state index is 2.27. The van der Waals surface area contributed by atoms with E-state index >= 15 is 0 Å². The van der Waals surface area contributed by atoms with Crippen molar-refractivity contribution in [2.75, 3.05) is 0 Å². The summed E-state index contributed by atoms with van der Waals surface area (Å²) in [5, 5.41) is 0. The van der Waals surface area contributed by atoms with Crippen molar-refractivity contribution in [1.82, 2.24) is 0 Å². The van der Waals surface area contributed by atoms with Crippen LogP contribution in [0, 0.1) is 0 Å². The zero-order valence-corrected chi connectivity index (χ0v) is 16.5. The molecule has 2 aliphatic rings. The molecule has 0 nitrogen and oxygen atoms in total. The summed E-state index contributed by atoms with van der Waals surface area (Å²) in [7, 11) is 0. The number of hydrogen-bond acceptors (Lipinski definition) is 0. The molecule has 0 amide bonds. The molecule has 0 aromatic heterocycles. The van der Waals surface area contributed by atoms with E-state index in [4.69, 9.17) is 0 Å². The van der Waals surface area contributed by atoms with Gasteiger partial charge in [-0.25, -0.2) is 0 Å². The molecular weight excluding hydrogens is 469 g/mol. The van der Waals surface area contributed by atoms with Gasteiger partial charge in [0, 0.05) is 39.0 Å². The maximum absolute atomic E-state index is 2.27. The second-order valence-corrected chi connectivity index (χ2v) is 4.20. The van der Waals surface area contributed by atoms with Crippen LogP contribution in [-0.4, -0.2) is 0 Å². The van der Waals surface area contributed by atoms with E-state index in [1.807, 2.05) is 0 Å². The van der Waals surface area contributed by atoms with Crippen molar-refractivity contribution in [1.29, 1.82) is 0 Å². The average Bonchev–Trinajstić information content (AvgIpc) is 2.15. The van der Waals surface area contributed by atoms with E-state index in [2.05, 4.69) is 48.6 Å². The molecule has 2 aliphatic carbocycles. The minimum Gasteiger partial charge on any atom is -1.00 e. The predicted octanol–water partition coefficient (Wildman–Crippen LogP) is -0.651. The monoisotopic (exact) mass is 492 g/mol. The zero-order chi connectivity index (χ0) is 11.3. The van der Waals surface area contributed by atoms with E-state index in [-0.39, 0.29) is 63.8 Å². The molecule has 0 saturated carbocycles. The molecule has 122 valence electrons. The molecule has 0 atom stereocenters. The van der Waals surface area contributed by atoms with Crippen LogP contribution in [0.1, 0.15) is 51.4 Å². The third-order valence-electron chi connectivity index (χ3n) is 2.67. The Kier molecular flexibility index (Phi) is 35.8. The number of hydrogen-bond donors (Lipinski definition) is 0. The van der Waals surface area contributed by atoms with Crippen molar-refractivity contribution in [2.24, 2.45) is 0 Å². The largest absolute Gasteiger partial charge is 1.00 e. The third-order valence-corrected chi connectivity index (χ3v) is 2.67. The molecule has 0 aromatic carbocycles. The first-order chi connectivity index (χ1) is 8.00. The molecule has 0 saturated heterocycles. The van der Waals surface area contributed by atoms with Gasteiger partial charge in [0.2, 0.25) is 0 Å². The average molecular weight is 493 g/mol. The van der Waals surface area contributed by atoms with Crippen molar-refractivity contribution >= 4 is 0 Å². The van der Waals surface area contributed by atoms with Crippen LogP contribution in [0.2, 0.25) is 0 Å². The summed E-state index contributed by atoms with van der Waals surface area (Å²) in [5.74, 6) is 0. The Morgan fingerprint density at radius 1 is 0.300 bits per heavy atom. The normalized spacial score (nSPS) is 16.0. The number of rotatable bonds is 0. The van der Waals surface area contributed by atoms with Crippen molar-refractivity contribution in [3.8, 4) is 0 Å². The first kappa shape index (κ1) is 28.9. The van der Waals surface area contributed by atoms with E-state index in [1.54, 1.807) is 0 Å². The summed E-state index contributed by atoms with van der Waals surface area (Å²) in [6.45, 7) is 0. The third kappa shape index (κ3) is 21.1. The van der Waals surface area contributed by atoms with Crippen molar-refractivity contribution in [2.45, 2.75) is 51.4 Å². The van der Waals surface area contributed by atoms with Crippen LogP contribution < -0.4 is 24.8 Å². The second-order valence-electron chi connectivity index (χ2n) is 4.20. The van der Waals surface area contributed by atoms with Gasteiger partial charge in [0.1, 0.15) is 0 Å². The van der Waals surface area contributed by atoms with Gasteiger partial charge in [-0.3, -0.25) is 0 Å². The standard InChI is InChI=1S/2C8H12.2ClH.2Rh/c2*1-2-4-6-8-7-5-3-1;;;;/h2*1-2,7-8H,3-6H2;2*1H;;/p-2. The summed E-state index contributed by atoms with van der Waals surface area (Å²) in [6, 6.07) is 0. The molecule has 4 heteroatoms. The van der Waals surface area contributed by atoms with Gasteiger partial charge < -0.3 is 24.8 Å². The molecule has 0 unspecified atom stereocenters. The second kappa shape index (κ2) is 24.8. The molecule has 0 heterocycles. The Morgan fingerprint density at radius 3 is 0.500 bits per heavy atom. The quantitative estimate of drug-likeness (QED) is 0.311. The number of allylic oxidation sites excluding steroid dienone is 8. The van der Waals surface area contributed by atoms with Crippen LogP contribution in [-0.2, 0) is 39.0 Å². The van der Waals surface area contributed by atoms with Gasteiger partial charge in [0.15, 0.2) is 0 Å². The summed E-state index contributed by atoms with van der Waals surface area (Å²) >= 11 is 0. The molecule has 0 bridgehead atoms. The Morgan fingerprint density at radius 2 is 0.400 bits per heavy atom. The molecular formula is C16H24Cl2Rh2-2. The fraction of sp³-hybridized carbons (Fsp3) is 0.500. The minimum atomic E-state index is 0. The zero-order valence-electron chi connectivity index (χ0n) is 11.7. The fourth-order valence-electron chi connectivity index (χ4n) is 1.71. The summed E-state index contributed by atoms with van der Waals surface area (Å²) in [4.78, 5) is 0. The first-order valence-corrected chi connectivity index (χ1v) is 6.60. The first-order valence-electron chi connectivity index (χ1n) is 6.60. The maximum Gasteiger partial charge on any atom is 0 e. The van der Waals surface area contributed by atoms with Gasteiger partial charge in [-0.2, -0.15) is 0 Å². The Balaban J connectivity index is -0.000000107.